The molecule has 0 saturated carbocycles. The molecule has 0 aliphatic carbocycles. The second-order valence-electron chi connectivity index (χ2n) is 3.88. The number of aliphatic carboxylic acids is 1. The standard InChI is InChI=1S/C11H23N3O3/c1-4-14(9-6-10(15)16)11(17)13(3)8-5-7-12-2/h12H,4-9H2,1-3H3,(H,15,16). The van der Waals surface area contributed by atoms with Crippen LogP contribution in [-0.4, -0.2) is 67.2 Å². The molecule has 0 bridgehead atoms. The molecular weight excluding hydrogens is 222 g/mol. The van der Waals surface area contributed by atoms with Gasteiger partial charge in [-0.1, -0.05) is 0 Å². The van der Waals surface area contributed by atoms with Crippen molar-refractivity contribution in [3.05, 3.63) is 0 Å². The van der Waals surface area contributed by atoms with Crippen molar-refractivity contribution in [3.8, 4) is 0 Å². The van der Waals surface area contributed by atoms with Gasteiger partial charge in [-0.3, -0.25) is 4.79 Å². The lowest BCUT2D eigenvalue weighted by atomic mass is 10.3. The highest BCUT2D eigenvalue weighted by Crippen LogP contribution is 1.99. The average Bonchev–Trinajstić information content (AvgIpc) is 2.29. The summed E-state index contributed by atoms with van der Waals surface area (Å²) in [6.45, 7) is 4.17. The zero-order valence-corrected chi connectivity index (χ0v) is 10.9. The van der Waals surface area contributed by atoms with Crippen LogP contribution in [0.2, 0.25) is 0 Å². The SMILES string of the molecule is CCN(CCC(=O)O)C(=O)N(C)CCCNC. The second-order valence-corrected chi connectivity index (χ2v) is 3.88. The Labute approximate surface area is 103 Å². The lowest BCUT2D eigenvalue weighted by Gasteiger charge is -2.26. The summed E-state index contributed by atoms with van der Waals surface area (Å²) in [5.74, 6) is -0.880. The predicted molar refractivity (Wildman–Crippen MR) is 66.1 cm³/mol. The third-order valence-corrected chi connectivity index (χ3v) is 2.49. The Morgan fingerprint density at radius 1 is 1.29 bits per heavy atom. The van der Waals surface area contributed by atoms with Gasteiger partial charge in [0.05, 0.1) is 6.42 Å². The summed E-state index contributed by atoms with van der Waals surface area (Å²) in [6.07, 6.45) is 0.874. The maximum absolute atomic E-state index is 11.9. The van der Waals surface area contributed by atoms with E-state index in [4.69, 9.17) is 5.11 Å². The topological polar surface area (TPSA) is 72.9 Å². The number of carbonyl (C=O) groups is 2. The van der Waals surface area contributed by atoms with Crippen LogP contribution in [0.15, 0.2) is 0 Å². The third-order valence-electron chi connectivity index (χ3n) is 2.49. The first-order valence-corrected chi connectivity index (χ1v) is 5.89. The monoisotopic (exact) mass is 245 g/mol. The van der Waals surface area contributed by atoms with Gasteiger partial charge < -0.3 is 20.2 Å². The number of nitrogens with one attached hydrogen (secondary N) is 1. The van der Waals surface area contributed by atoms with Crippen LogP contribution in [0.25, 0.3) is 0 Å². The molecule has 0 unspecified atom stereocenters. The van der Waals surface area contributed by atoms with Crippen LogP contribution < -0.4 is 5.32 Å². The summed E-state index contributed by atoms with van der Waals surface area (Å²) in [7, 11) is 3.61. The molecule has 0 aromatic rings. The van der Waals surface area contributed by atoms with Gasteiger partial charge in [0.15, 0.2) is 0 Å². The van der Waals surface area contributed by atoms with Gasteiger partial charge in [-0.25, -0.2) is 4.79 Å². The normalized spacial score (nSPS) is 10.1. The van der Waals surface area contributed by atoms with Crippen LogP contribution >= 0.6 is 0 Å². The number of nitrogens with zero attached hydrogens (tertiary/aromatic N) is 2. The van der Waals surface area contributed by atoms with Crippen molar-refractivity contribution in [2.24, 2.45) is 0 Å². The van der Waals surface area contributed by atoms with Crippen LogP contribution in [-0.2, 0) is 4.79 Å². The van der Waals surface area contributed by atoms with Crippen molar-refractivity contribution >= 4 is 12.0 Å². The maximum Gasteiger partial charge on any atom is 0.319 e. The van der Waals surface area contributed by atoms with E-state index in [1.54, 1.807) is 16.8 Å². The van der Waals surface area contributed by atoms with Gasteiger partial charge in [-0.15, -0.1) is 0 Å². The largest absolute Gasteiger partial charge is 0.481 e. The van der Waals surface area contributed by atoms with E-state index in [2.05, 4.69) is 5.32 Å². The Balaban J connectivity index is 4.08. The van der Waals surface area contributed by atoms with E-state index in [0.29, 0.717) is 13.1 Å². The molecule has 0 fully saturated rings. The number of urea groups is 1. The number of amides is 2. The smallest absolute Gasteiger partial charge is 0.319 e. The fourth-order valence-corrected chi connectivity index (χ4v) is 1.45. The quantitative estimate of drug-likeness (QED) is 0.609. The fraction of sp³-hybridized carbons (Fsp3) is 0.818. The van der Waals surface area contributed by atoms with Crippen LogP contribution in [0.1, 0.15) is 19.8 Å². The van der Waals surface area contributed by atoms with Crippen molar-refractivity contribution < 1.29 is 14.7 Å². The minimum absolute atomic E-state index is 0.00998. The molecule has 100 valence electrons. The molecule has 6 nitrogen and oxygen atoms in total. The number of hydrogen-bond donors (Lipinski definition) is 2. The Bertz CT molecular complexity index is 246. The highest BCUT2D eigenvalue weighted by Gasteiger charge is 2.16. The Hall–Kier alpha value is -1.30. The first-order chi connectivity index (χ1) is 8.02. The summed E-state index contributed by atoms with van der Waals surface area (Å²) in [5, 5.41) is 11.6. The zero-order valence-electron chi connectivity index (χ0n) is 10.9. The Morgan fingerprint density at radius 2 is 1.94 bits per heavy atom. The van der Waals surface area contributed by atoms with E-state index in [1.165, 1.54) is 0 Å². The Morgan fingerprint density at radius 3 is 2.41 bits per heavy atom. The Kier molecular flexibility index (Phi) is 8.13. The van der Waals surface area contributed by atoms with Gasteiger partial charge in [-0.05, 0) is 26.9 Å². The highest BCUT2D eigenvalue weighted by atomic mass is 16.4. The van der Waals surface area contributed by atoms with Crippen LogP contribution in [0.5, 0.6) is 0 Å². The number of carbonyl (C=O) groups excluding carboxylic acids is 1. The zero-order chi connectivity index (χ0) is 13.3. The first-order valence-electron chi connectivity index (χ1n) is 5.89. The molecule has 0 aromatic carbocycles. The van der Waals surface area contributed by atoms with E-state index < -0.39 is 5.97 Å². The second kappa shape index (κ2) is 8.81. The molecule has 0 rings (SSSR count). The van der Waals surface area contributed by atoms with Crippen molar-refractivity contribution in [1.82, 2.24) is 15.1 Å². The lowest BCUT2D eigenvalue weighted by molar-refractivity contribution is -0.137. The molecule has 0 atom stereocenters. The molecule has 17 heavy (non-hydrogen) atoms. The fourth-order valence-electron chi connectivity index (χ4n) is 1.45. The summed E-state index contributed by atoms with van der Waals surface area (Å²) in [5.41, 5.74) is 0. The van der Waals surface area contributed by atoms with Crippen molar-refractivity contribution in [2.75, 3.05) is 40.3 Å². The van der Waals surface area contributed by atoms with Gasteiger partial charge in [0, 0.05) is 26.7 Å². The number of carboxylic acids is 1. The molecule has 0 aliphatic heterocycles. The van der Waals surface area contributed by atoms with Gasteiger partial charge >= 0.3 is 12.0 Å². The van der Waals surface area contributed by atoms with E-state index >= 15 is 0 Å². The van der Waals surface area contributed by atoms with Gasteiger partial charge in [0.25, 0.3) is 0 Å². The highest BCUT2D eigenvalue weighted by molar-refractivity contribution is 5.75. The minimum Gasteiger partial charge on any atom is -0.481 e. The maximum atomic E-state index is 11.9. The predicted octanol–water partition coefficient (Wildman–Crippen LogP) is 0.444. The van der Waals surface area contributed by atoms with Crippen LogP contribution in [0.3, 0.4) is 0 Å². The molecule has 0 saturated heterocycles. The molecule has 0 heterocycles. The molecule has 0 radical (unpaired) electrons. The molecule has 0 spiro atoms. The molecule has 2 N–H and O–H groups in total. The van der Waals surface area contributed by atoms with E-state index in [-0.39, 0.29) is 19.0 Å². The first kappa shape index (κ1) is 15.7. The van der Waals surface area contributed by atoms with Gasteiger partial charge in [0.1, 0.15) is 0 Å². The number of rotatable bonds is 8. The summed E-state index contributed by atoms with van der Waals surface area (Å²) in [6, 6.07) is -0.107. The molecular formula is C11H23N3O3. The van der Waals surface area contributed by atoms with E-state index in [9.17, 15) is 9.59 Å². The van der Waals surface area contributed by atoms with E-state index in [0.717, 1.165) is 13.0 Å². The molecule has 0 aromatic heterocycles. The average molecular weight is 245 g/mol. The molecule has 2 amide bonds. The number of hydrogen-bond acceptors (Lipinski definition) is 3. The minimum atomic E-state index is -0.880. The van der Waals surface area contributed by atoms with Crippen LogP contribution in [0, 0.1) is 0 Å². The summed E-state index contributed by atoms with van der Waals surface area (Å²) in [4.78, 5) is 25.6. The number of carboxylic acid groups (broad SMARTS) is 1. The molecule has 6 heteroatoms. The van der Waals surface area contributed by atoms with Crippen molar-refractivity contribution in [2.45, 2.75) is 19.8 Å². The van der Waals surface area contributed by atoms with E-state index in [1.807, 2.05) is 14.0 Å². The third kappa shape index (κ3) is 6.78. The van der Waals surface area contributed by atoms with Crippen LogP contribution in [0.4, 0.5) is 4.79 Å². The van der Waals surface area contributed by atoms with Crippen molar-refractivity contribution in [3.63, 3.8) is 0 Å². The summed E-state index contributed by atoms with van der Waals surface area (Å²) >= 11 is 0. The summed E-state index contributed by atoms with van der Waals surface area (Å²) < 4.78 is 0. The van der Waals surface area contributed by atoms with Gasteiger partial charge in [-0.2, -0.15) is 0 Å². The molecule has 0 aliphatic rings. The lowest BCUT2D eigenvalue weighted by Crippen LogP contribution is -2.42. The van der Waals surface area contributed by atoms with Crippen molar-refractivity contribution in [1.29, 1.82) is 0 Å². The van der Waals surface area contributed by atoms with Gasteiger partial charge in [0.2, 0.25) is 0 Å².